The molecule has 0 radical (unpaired) electrons. The van der Waals surface area contributed by atoms with Crippen LogP contribution in [-0.2, 0) is 4.79 Å². The molecule has 1 aromatic heterocycles. The van der Waals surface area contributed by atoms with Crippen LogP contribution in [-0.4, -0.2) is 28.1 Å². The molecule has 0 aliphatic heterocycles. The van der Waals surface area contributed by atoms with Gasteiger partial charge in [-0.1, -0.05) is 19.8 Å². The Morgan fingerprint density at radius 1 is 1.43 bits per heavy atom. The number of carbonyl (C=O) groups is 2. The number of benzene rings is 1. The highest BCUT2D eigenvalue weighted by molar-refractivity contribution is 7.16. The average molecular weight is 307 g/mol. The normalized spacial score (nSPS) is 12.0. The van der Waals surface area contributed by atoms with E-state index in [1.165, 1.54) is 11.3 Å². The standard InChI is InChI=1S/C14H17N3O3S/c1-2-3-4-11(13(18)19)17-14(20)16-9-5-6-10-12(7-9)21-8-15-10/h5-8,11H,2-4H2,1H3,(H,18,19)(H2,16,17,20)/t11-/m0/s1. The summed E-state index contributed by atoms with van der Waals surface area (Å²) in [5, 5.41) is 14.2. The zero-order valence-electron chi connectivity index (χ0n) is 11.6. The number of amides is 2. The first-order valence-corrected chi connectivity index (χ1v) is 7.61. The van der Waals surface area contributed by atoms with Gasteiger partial charge in [0.25, 0.3) is 0 Å². The molecule has 7 heteroatoms. The number of thiazole rings is 1. The Labute approximate surface area is 126 Å². The second-order valence-corrected chi connectivity index (χ2v) is 5.55. The van der Waals surface area contributed by atoms with Crippen LogP contribution in [0.5, 0.6) is 0 Å². The predicted octanol–water partition coefficient (Wildman–Crippen LogP) is 3.06. The SMILES string of the molecule is CCCC[C@H](NC(=O)Nc1ccc2ncsc2c1)C(=O)O. The van der Waals surface area contributed by atoms with Crippen LogP contribution < -0.4 is 10.6 Å². The fraction of sp³-hybridized carbons (Fsp3) is 0.357. The molecule has 0 fully saturated rings. The summed E-state index contributed by atoms with van der Waals surface area (Å²) in [6.45, 7) is 1.98. The van der Waals surface area contributed by atoms with E-state index in [1.54, 1.807) is 11.6 Å². The van der Waals surface area contributed by atoms with E-state index in [1.807, 2.05) is 19.1 Å². The van der Waals surface area contributed by atoms with Gasteiger partial charge in [-0.2, -0.15) is 0 Å². The highest BCUT2D eigenvalue weighted by Gasteiger charge is 2.19. The molecule has 0 saturated heterocycles. The molecular weight excluding hydrogens is 290 g/mol. The van der Waals surface area contributed by atoms with Gasteiger partial charge in [0.1, 0.15) is 6.04 Å². The van der Waals surface area contributed by atoms with E-state index >= 15 is 0 Å². The molecule has 0 saturated carbocycles. The number of carboxylic acids is 1. The van der Waals surface area contributed by atoms with Crippen molar-refractivity contribution in [3.63, 3.8) is 0 Å². The molecule has 21 heavy (non-hydrogen) atoms. The van der Waals surface area contributed by atoms with E-state index < -0.39 is 18.0 Å². The fourth-order valence-corrected chi connectivity index (χ4v) is 2.64. The van der Waals surface area contributed by atoms with E-state index in [-0.39, 0.29) is 0 Å². The Morgan fingerprint density at radius 2 is 2.24 bits per heavy atom. The van der Waals surface area contributed by atoms with Crippen LogP contribution in [0.3, 0.4) is 0 Å². The van der Waals surface area contributed by atoms with Crippen LogP contribution in [0, 0.1) is 0 Å². The lowest BCUT2D eigenvalue weighted by Crippen LogP contribution is -2.42. The number of fused-ring (bicyclic) bond motifs is 1. The number of nitrogens with zero attached hydrogens (tertiary/aromatic N) is 1. The van der Waals surface area contributed by atoms with E-state index in [0.29, 0.717) is 12.1 Å². The van der Waals surface area contributed by atoms with Gasteiger partial charge in [-0.3, -0.25) is 0 Å². The van der Waals surface area contributed by atoms with E-state index in [9.17, 15) is 9.59 Å². The first-order chi connectivity index (χ1) is 10.1. The predicted molar refractivity (Wildman–Crippen MR) is 82.7 cm³/mol. The van der Waals surface area contributed by atoms with Crippen molar-refractivity contribution in [2.75, 3.05) is 5.32 Å². The minimum atomic E-state index is -1.02. The third-order valence-corrected chi connectivity index (χ3v) is 3.83. The molecule has 0 spiro atoms. The molecule has 1 heterocycles. The average Bonchev–Trinajstić information content (AvgIpc) is 2.90. The topological polar surface area (TPSA) is 91.3 Å². The maximum Gasteiger partial charge on any atom is 0.326 e. The Morgan fingerprint density at radius 3 is 2.95 bits per heavy atom. The largest absolute Gasteiger partial charge is 0.480 e. The van der Waals surface area contributed by atoms with E-state index in [2.05, 4.69) is 15.6 Å². The molecule has 112 valence electrons. The smallest absolute Gasteiger partial charge is 0.326 e. The third kappa shape index (κ3) is 4.16. The zero-order chi connectivity index (χ0) is 15.2. The summed E-state index contributed by atoms with van der Waals surface area (Å²) in [6, 6.07) is 3.99. The Kier molecular flexibility index (Phi) is 5.10. The highest BCUT2D eigenvalue weighted by atomic mass is 32.1. The molecule has 2 amide bonds. The molecule has 3 N–H and O–H groups in total. The summed E-state index contributed by atoms with van der Waals surface area (Å²) in [4.78, 5) is 27.1. The number of hydrogen-bond acceptors (Lipinski definition) is 4. The number of carboxylic acid groups (broad SMARTS) is 1. The summed E-state index contributed by atoms with van der Waals surface area (Å²) in [5.74, 6) is -1.02. The quantitative estimate of drug-likeness (QED) is 0.765. The first-order valence-electron chi connectivity index (χ1n) is 6.73. The van der Waals surface area contributed by atoms with Crippen molar-refractivity contribution < 1.29 is 14.7 Å². The lowest BCUT2D eigenvalue weighted by molar-refractivity contribution is -0.139. The number of rotatable bonds is 6. The first kappa shape index (κ1) is 15.2. The summed E-state index contributed by atoms with van der Waals surface area (Å²) in [7, 11) is 0. The molecule has 1 atom stereocenters. The number of aromatic nitrogens is 1. The summed E-state index contributed by atoms with van der Waals surface area (Å²) in [6.07, 6.45) is 2.06. The van der Waals surface area contributed by atoms with Gasteiger partial charge in [-0.05, 0) is 24.6 Å². The van der Waals surface area contributed by atoms with Crippen molar-refractivity contribution in [1.82, 2.24) is 10.3 Å². The minimum absolute atomic E-state index is 0.424. The molecular formula is C14H17N3O3S. The lowest BCUT2D eigenvalue weighted by atomic mass is 10.1. The number of urea groups is 1. The second-order valence-electron chi connectivity index (χ2n) is 4.67. The number of anilines is 1. The molecule has 0 aliphatic carbocycles. The van der Waals surface area contributed by atoms with Crippen LogP contribution in [0.25, 0.3) is 10.2 Å². The second kappa shape index (κ2) is 7.03. The number of aliphatic carboxylic acids is 1. The van der Waals surface area contributed by atoms with Crippen LogP contribution >= 0.6 is 11.3 Å². The van der Waals surface area contributed by atoms with Gasteiger partial charge in [0.15, 0.2) is 0 Å². The van der Waals surface area contributed by atoms with Crippen molar-refractivity contribution >= 4 is 39.2 Å². The van der Waals surface area contributed by atoms with Crippen LogP contribution in [0.15, 0.2) is 23.7 Å². The Balaban J connectivity index is 1.97. The highest BCUT2D eigenvalue weighted by Crippen LogP contribution is 2.21. The van der Waals surface area contributed by atoms with E-state index in [0.717, 1.165) is 23.1 Å². The molecule has 0 aliphatic rings. The summed E-state index contributed by atoms with van der Waals surface area (Å²) >= 11 is 1.48. The number of hydrogen-bond donors (Lipinski definition) is 3. The van der Waals surface area contributed by atoms with Gasteiger partial charge in [0.2, 0.25) is 0 Å². The number of nitrogens with one attached hydrogen (secondary N) is 2. The van der Waals surface area contributed by atoms with Crippen molar-refractivity contribution in [2.24, 2.45) is 0 Å². The monoisotopic (exact) mass is 307 g/mol. The van der Waals surface area contributed by atoms with Gasteiger partial charge in [-0.25, -0.2) is 14.6 Å². The maximum absolute atomic E-state index is 11.9. The van der Waals surface area contributed by atoms with Crippen molar-refractivity contribution in [2.45, 2.75) is 32.2 Å². The van der Waals surface area contributed by atoms with Crippen molar-refractivity contribution in [3.05, 3.63) is 23.7 Å². The molecule has 0 bridgehead atoms. The van der Waals surface area contributed by atoms with Gasteiger partial charge < -0.3 is 15.7 Å². The summed E-state index contributed by atoms with van der Waals surface area (Å²) in [5.41, 5.74) is 3.22. The molecule has 0 unspecified atom stereocenters. The van der Waals surface area contributed by atoms with Gasteiger partial charge in [0.05, 0.1) is 15.7 Å². The lowest BCUT2D eigenvalue weighted by Gasteiger charge is -2.14. The van der Waals surface area contributed by atoms with Crippen molar-refractivity contribution in [3.8, 4) is 0 Å². The number of carbonyl (C=O) groups excluding carboxylic acids is 1. The molecule has 1 aromatic carbocycles. The zero-order valence-corrected chi connectivity index (χ0v) is 12.4. The van der Waals surface area contributed by atoms with Gasteiger partial charge in [-0.15, -0.1) is 11.3 Å². The van der Waals surface area contributed by atoms with Gasteiger partial charge >= 0.3 is 12.0 Å². The van der Waals surface area contributed by atoms with Crippen molar-refractivity contribution in [1.29, 1.82) is 0 Å². The minimum Gasteiger partial charge on any atom is -0.480 e. The summed E-state index contributed by atoms with van der Waals surface area (Å²) < 4.78 is 0.966. The fourth-order valence-electron chi connectivity index (χ4n) is 1.92. The van der Waals surface area contributed by atoms with Gasteiger partial charge in [0, 0.05) is 5.69 Å². The van der Waals surface area contributed by atoms with Crippen LogP contribution in [0.4, 0.5) is 10.5 Å². The molecule has 2 aromatic rings. The van der Waals surface area contributed by atoms with Crippen LogP contribution in [0.2, 0.25) is 0 Å². The Bertz CT molecular complexity index is 641. The van der Waals surface area contributed by atoms with E-state index in [4.69, 9.17) is 5.11 Å². The third-order valence-electron chi connectivity index (χ3n) is 3.04. The molecule has 6 nitrogen and oxygen atoms in total. The Hall–Kier alpha value is -2.15. The van der Waals surface area contributed by atoms with Crippen LogP contribution in [0.1, 0.15) is 26.2 Å². The maximum atomic E-state index is 11.9. The molecule has 2 rings (SSSR count). The number of unbranched alkanes of at least 4 members (excludes halogenated alkanes) is 1.